The summed E-state index contributed by atoms with van der Waals surface area (Å²) in [6, 6.07) is 4.91. The van der Waals surface area contributed by atoms with Crippen LogP contribution in [0.5, 0.6) is 0 Å². The summed E-state index contributed by atoms with van der Waals surface area (Å²) < 4.78 is 1.72. The topological polar surface area (TPSA) is 99.0 Å². The Morgan fingerprint density at radius 1 is 1.50 bits per heavy atom. The summed E-state index contributed by atoms with van der Waals surface area (Å²) in [5.74, 6) is -0.473. The average molecular weight is 245 g/mol. The smallest absolute Gasteiger partial charge is 0.248 e. The molecule has 1 amide bonds. The Balaban J connectivity index is 2.13. The zero-order chi connectivity index (χ0) is 13.1. The number of nitrogens with two attached hydrogens (primary N) is 2. The third kappa shape index (κ3) is 2.60. The molecule has 2 rings (SSSR count). The Bertz CT molecular complexity index is 576. The first-order chi connectivity index (χ1) is 8.56. The van der Waals surface area contributed by atoms with Crippen LogP contribution in [0, 0.1) is 0 Å². The Morgan fingerprint density at radius 3 is 2.89 bits per heavy atom. The monoisotopic (exact) mass is 245 g/mol. The van der Waals surface area contributed by atoms with Crippen LogP contribution in [0.4, 0.5) is 11.4 Å². The minimum atomic E-state index is -0.473. The summed E-state index contributed by atoms with van der Waals surface area (Å²) in [4.78, 5) is 11.1. The van der Waals surface area contributed by atoms with Gasteiger partial charge in [0.15, 0.2) is 0 Å². The van der Waals surface area contributed by atoms with Crippen LogP contribution in [0.2, 0.25) is 0 Å². The van der Waals surface area contributed by atoms with Crippen molar-refractivity contribution in [1.29, 1.82) is 0 Å². The summed E-state index contributed by atoms with van der Waals surface area (Å²) >= 11 is 0. The Kier molecular flexibility index (Phi) is 3.18. The number of aromatic nitrogens is 2. The number of rotatable bonds is 4. The number of carbonyl (C=O) groups excluding carboxylic acids is 1. The van der Waals surface area contributed by atoms with Gasteiger partial charge in [0.05, 0.1) is 17.6 Å². The Labute approximate surface area is 105 Å². The van der Waals surface area contributed by atoms with E-state index in [1.807, 2.05) is 13.2 Å². The van der Waals surface area contributed by atoms with E-state index in [4.69, 9.17) is 11.5 Å². The van der Waals surface area contributed by atoms with Crippen molar-refractivity contribution in [2.75, 3.05) is 11.1 Å². The molecule has 6 heteroatoms. The molecule has 18 heavy (non-hydrogen) atoms. The zero-order valence-electron chi connectivity index (χ0n) is 10.1. The standard InChI is InChI=1S/C12H15N5O/c1-17-7-8(6-16-17)5-15-11-4-9(12(14)18)2-3-10(11)13/h2-4,6-7,15H,5,13H2,1H3,(H2,14,18). The lowest BCUT2D eigenvalue weighted by molar-refractivity contribution is 0.100. The van der Waals surface area contributed by atoms with Crippen LogP contribution in [-0.2, 0) is 13.6 Å². The quantitative estimate of drug-likeness (QED) is 0.691. The molecule has 1 aromatic heterocycles. The van der Waals surface area contributed by atoms with Crippen molar-refractivity contribution in [2.24, 2.45) is 12.8 Å². The number of aryl methyl sites for hydroxylation is 1. The minimum Gasteiger partial charge on any atom is -0.397 e. The van der Waals surface area contributed by atoms with Crippen molar-refractivity contribution in [1.82, 2.24) is 9.78 Å². The number of hydrogen-bond donors (Lipinski definition) is 3. The van der Waals surface area contributed by atoms with Gasteiger partial charge in [-0.25, -0.2) is 0 Å². The highest BCUT2D eigenvalue weighted by atomic mass is 16.1. The summed E-state index contributed by atoms with van der Waals surface area (Å²) in [6.07, 6.45) is 3.67. The van der Waals surface area contributed by atoms with E-state index in [2.05, 4.69) is 10.4 Å². The van der Waals surface area contributed by atoms with Crippen LogP contribution >= 0.6 is 0 Å². The highest BCUT2D eigenvalue weighted by Crippen LogP contribution is 2.20. The van der Waals surface area contributed by atoms with Crippen LogP contribution in [0.3, 0.4) is 0 Å². The molecule has 0 saturated carbocycles. The average Bonchev–Trinajstić information content (AvgIpc) is 2.74. The van der Waals surface area contributed by atoms with Gasteiger partial charge in [0, 0.05) is 30.9 Å². The molecular weight excluding hydrogens is 230 g/mol. The molecule has 0 saturated heterocycles. The fourth-order valence-electron chi connectivity index (χ4n) is 1.62. The molecule has 0 fully saturated rings. The molecule has 6 nitrogen and oxygen atoms in total. The fraction of sp³-hybridized carbons (Fsp3) is 0.167. The maximum absolute atomic E-state index is 11.1. The number of nitrogen functional groups attached to an aromatic ring is 1. The van der Waals surface area contributed by atoms with Gasteiger partial charge in [0.2, 0.25) is 5.91 Å². The van der Waals surface area contributed by atoms with Gasteiger partial charge in [0.1, 0.15) is 0 Å². The van der Waals surface area contributed by atoms with Crippen LogP contribution < -0.4 is 16.8 Å². The molecule has 1 aromatic carbocycles. The van der Waals surface area contributed by atoms with Crippen molar-refractivity contribution < 1.29 is 4.79 Å². The molecule has 2 aromatic rings. The highest BCUT2D eigenvalue weighted by molar-refractivity contribution is 5.94. The lowest BCUT2D eigenvalue weighted by Gasteiger charge is -2.09. The second-order valence-corrected chi connectivity index (χ2v) is 4.04. The second kappa shape index (κ2) is 4.79. The first kappa shape index (κ1) is 12.0. The molecule has 0 bridgehead atoms. The van der Waals surface area contributed by atoms with E-state index in [1.165, 1.54) is 0 Å². The fourth-order valence-corrected chi connectivity index (χ4v) is 1.62. The predicted molar refractivity (Wildman–Crippen MR) is 69.9 cm³/mol. The first-order valence-electron chi connectivity index (χ1n) is 5.47. The van der Waals surface area contributed by atoms with Gasteiger partial charge >= 0.3 is 0 Å². The van der Waals surface area contributed by atoms with E-state index in [0.717, 1.165) is 5.56 Å². The number of carbonyl (C=O) groups is 1. The number of primary amides is 1. The summed E-state index contributed by atoms with van der Waals surface area (Å²) in [5.41, 5.74) is 13.8. The van der Waals surface area contributed by atoms with E-state index in [1.54, 1.807) is 29.1 Å². The van der Waals surface area contributed by atoms with E-state index in [9.17, 15) is 4.79 Å². The van der Waals surface area contributed by atoms with Crippen molar-refractivity contribution in [3.63, 3.8) is 0 Å². The largest absolute Gasteiger partial charge is 0.397 e. The molecule has 0 aliphatic heterocycles. The van der Waals surface area contributed by atoms with Gasteiger partial charge in [0.25, 0.3) is 0 Å². The lowest BCUT2D eigenvalue weighted by atomic mass is 10.1. The van der Waals surface area contributed by atoms with Crippen molar-refractivity contribution in [3.05, 3.63) is 41.7 Å². The van der Waals surface area contributed by atoms with Crippen molar-refractivity contribution in [2.45, 2.75) is 6.54 Å². The number of nitrogens with zero attached hydrogens (tertiary/aromatic N) is 2. The molecule has 0 unspecified atom stereocenters. The molecule has 0 aliphatic rings. The predicted octanol–water partition coefficient (Wildman–Crippen LogP) is 0.713. The number of nitrogens with one attached hydrogen (secondary N) is 1. The van der Waals surface area contributed by atoms with Gasteiger partial charge in [-0.2, -0.15) is 5.10 Å². The molecule has 1 heterocycles. The number of benzene rings is 1. The van der Waals surface area contributed by atoms with E-state index in [0.29, 0.717) is 23.5 Å². The van der Waals surface area contributed by atoms with Gasteiger partial charge in [-0.1, -0.05) is 0 Å². The normalized spacial score (nSPS) is 10.3. The molecule has 0 atom stereocenters. The molecule has 0 aliphatic carbocycles. The van der Waals surface area contributed by atoms with E-state index >= 15 is 0 Å². The lowest BCUT2D eigenvalue weighted by Crippen LogP contribution is -2.12. The minimum absolute atomic E-state index is 0.429. The van der Waals surface area contributed by atoms with Crippen LogP contribution in [0.15, 0.2) is 30.6 Å². The first-order valence-corrected chi connectivity index (χ1v) is 5.47. The molecule has 5 N–H and O–H groups in total. The van der Waals surface area contributed by atoms with Gasteiger partial charge in [-0.3, -0.25) is 9.48 Å². The summed E-state index contributed by atoms with van der Waals surface area (Å²) in [6.45, 7) is 0.584. The Hall–Kier alpha value is -2.50. The molecular formula is C12H15N5O. The van der Waals surface area contributed by atoms with Crippen LogP contribution in [-0.4, -0.2) is 15.7 Å². The zero-order valence-corrected chi connectivity index (χ0v) is 10.1. The second-order valence-electron chi connectivity index (χ2n) is 4.04. The molecule has 94 valence electrons. The van der Waals surface area contributed by atoms with Crippen molar-refractivity contribution in [3.8, 4) is 0 Å². The maximum Gasteiger partial charge on any atom is 0.248 e. The SMILES string of the molecule is Cn1cc(CNc2cc(C(N)=O)ccc2N)cn1. The maximum atomic E-state index is 11.1. The Morgan fingerprint density at radius 2 is 2.28 bits per heavy atom. The van der Waals surface area contributed by atoms with E-state index in [-0.39, 0.29) is 0 Å². The third-order valence-corrected chi connectivity index (χ3v) is 2.58. The summed E-state index contributed by atoms with van der Waals surface area (Å²) in [5, 5.41) is 7.22. The van der Waals surface area contributed by atoms with Crippen LogP contribution in [0.25, 0.3) is 0 Å². The summed E-state index contributed by atoms with van der Waals surface area (Å²) in [7, 11) is 1.85. The van der Waals surface area contributed by atoms with E-state index < -0.39 is 5.91 Å². The van der Waals surface area contributed by atoms with Gasteiger partial charge < -0.3 is 16.8 Å². The number of amides is 1. The van der Waals surface area contributed by atoms with Gasteiger partial charge in [-0.05, 0) is 18.2 Å². The van der Waals surface area contributed by atoms with Crippen molar-refractivity contribution >= 4 is 17.3 Å². The van der Waals surface area contributed by atoms with Crippen LogP contribution in [0.1, 0.15) is 15.9 Å². The number of hydrogen-bond acceptors (Lipinski definition) is 4. The molecule has 0 spiro atoms. The molecule has 0 radical (unpaired) electrons. The number of anilines is 2. The third-order valence-electron chi connectivity index (χ3n) is 2.58. The highest BCUT2D eigenvalue weighted by Gasteiger charge is 2.05. The van der Waals surface area contributed by atoms with Gasteiger partial charge in [-0.15, -0.1) is 0 Å².